The Morgan fingerprint density at radius 3 is 2.57 bits per heavy atom. The first kappa shape index (κ1) is 23.7. The first-order chi connectivity index (χ1) is 17.9. The Kier molecular flexibility index (Phi) is 5.78. The van der Waals surface area contributed by atoms with Crippen molar-refractivity contribution in [3.63, 3.8) is 0 Å². The molecule has 3 aliphatic rings. The average Bonchev–Trinajstić information content (AvgIpc) is 3.62. The molecule has 7 heteroatoms. The Morgan fingerprint density at radius 2 is 1.92 bits per heavy atom. The molecule has 7 nitrogen and oxygen atoms in total. The van der Waals surface area contributed by atoms with Gasteiger partial charge in [0.05, 0.1) is 36.3 Å². The Labute approximate surface area is 217 Å². The van der Waals surface area contributed by atoms with E-state index in [9.17, 15) is 9.59 Å². The lowest BCUT2D eigenvalue weighted by Crippen LogP contribution is -2.57. The number of hydrogen-bond donors (Lipinski definition) is 1. The molecular formula is C30H32N4O3. The topological polar surface area (TPSA) is 86.1 Å². The van der Waals surface area contributed by atoms with Gasteiger partial charge in [0.25, 0.3) is 5.91 Å². The third kappa shape index (κ3) is 4.19. The van der Waals surface area contributed by atoms with Gasteiger partial charge in [0.15, 0.2) is 0 Å². The Bertz CT molecular complexity index is 1430. The van der Waals surface area contributed by atoms with Gasteiger partial charge in [-0.15, -0.1) is 5.92 Å². The summed E-state index contributed by atoms with van der Waals surface area (Å²) in [5.74, 6) is 6.54. The summed E-state index contributed by atoms with van der Waals surface area (Å²) in [6, 6.07) is 8.04. The number of benzene rings is 1. The number of hydrogen-bond acceptors (Lipinski definition) is 5. The van der Waals surface area contributed by atoms with Gasteiger partial charge in [0.1, 0.15) is 0 Å². The number of methoxy groups -OCH3 is 1. The molecule has 0 aliphatic heterocycles. The van der Waals surface area contributed by atoms with Gasteiger partial charge in [-0.3, -0.25) is 19.3 Å². The molecule has 3 aliphatic carbocycles. The number of ether oxygens (including phenoxy) is 1. The van der Waals surface area contributed by atoms with Crippen molar-refractivity contribution >= 4 is 22.8 Å². The number of pyridine rings is 1. The van der Waals surface area contributed by atoms with Crippen molar-refractivity contribution in [3.8, 4) is 11.8 Å². The average molecular weight is 497 g/mol. The predicted molar refractivity (Wildman–Crippen MR) is 140 cm³/mol. The van der Waals surface area contributed by atoms with E-state index < -0.39 is 0 Å². The molecule has 0 radical (unpaired) electrons. The maximum atomic E-state index is 13.5. The van der Waals surface area contributed by atoms with Crippen molar-refractivity contribution in [2.24, 2.45) is 11.3 Å². The molecule has 37 heavy (non-hydrogen) atoms. The molecule has 1 aromatic carbocycles. The second-order valence-electron chi connectivity index (χ2n) is 11.1. The van der Waals surface area contributed by atoms with Gasteiger partial charge in [0, 0.05) is 34.8 Å². The summed E-state index contributed by atoms with van der Waals surface area (Å²) in [6.07, 6.45) is 9.73. The van der Waals surface area contributed by atoms with E-state index in [-0.39, 0.29) is 35.3 Å². The number of nitrogens with zero attached hydrogens (tertiary/aromatic N) is 3. The normalized spacial score (nSPS) is 24.9. The lowest BCUT2D eigenvalue weighted by molar-refractivity contribution is -0.159. The highest BCUT2D eigenvalue weighted by molar-refractivity contribution is 6.07. The molecule has 6 rings (SSSR count). The van der Waals surface area contributed by atoms with Crippen LogP contribution in [-0.4, -0.2) is 39.8 Å². The molecule has 3 fully saturated rings. The lowest BCUT2D eigenvalue weighted by Gasteiger charge is -2.56. The van der Waals surface area contributed by atoms with Crippen LogP contribution in [0, 0.1) is 23.2 Å². The summed E-state index contributed by atoms with van der Waals surface area (Å²) in [5, 5.41) is 8.83. The van der Waals surface area contributed by atoms with Crippen LogP contribution < -0.4 is 5.32 Å². The molecule has 3 aromatic rings. The van der Waals surface area contributed by atoms with E-state index in [0.29, 0.717) is 11.5 Å². The van der Waals surface area contributed by atoms with Crippen molar-refractivity contribution in [2.45, 2.75) is 70.4 Å². The van der Waals surface area contributed by atoms with Crippen LogP contribution in [0.1, 0.15) is 91.5 Å². The van der Waals surface area contributed by atoms with E-state index in [1.54, 1.807) is 0 Å². The largest absolute Gasteiger partial charge is 0.469 e. The summed E-state index contributed by atoms with van der Waals surface area (Å²) in [6.45, 7) is 3.90. The monoisotopic (exact) mass is 496 g/mol. The number of amides is 1. The van der Waals surface area contributed by atoms with E-state index in [2.05, 4.69) is 36.2 Å². The third-order valence-electron chi connectivity index (χ3n) is 8.50. The fourth-order valence-corrected chi connectivity index (χ4v) is 6.31. The van der Waals surface area contributed by atoms with Crippen molar-refractivity contribution in [1.82, 2.24) is 20.1 Å². The third-order valence-corrected chi connectivity index (χ3v) is 8.50. The maximum absolute atomic E-state index is 13.5. The van der Waals surface area contributed by atoms with Crippen LogP contribution in [0.15, 0.2) is 36.7 Å². The van der Waals surface area contributed by atoms with Gasteiger partial charge in [-0.2, -0.15) is 5.10 Å². The Hall–Kier alpha value is -3.66. The van der Waals surface area contributed by atoms with Crippen molar-refractivity contribution < 1.29 is 14.3 Å². The standard InChI is InChI=1S/C30H32N4O3/c1-4-5-19-8-10-24(28(35)33-23-14-30(15-23)12-22(13-30)29(36)37-3)27-25(19)17-32-34(27)18(2)21-9-11-26(31-16-21)20-6-7-20/h8-11,16-18,20,22-23H,6-7,12-15H2,1-3H3,(H,33,35)/t18-,22?,23?,30?/m1/s1. The van der Waals surface area contributed by atoms with Crippen molar-refractivity contribution in [3.05, 3.63) is 59.0 Å². The van der Waals surface area contributed by atoms with E-state index in [4.69, 9.17) is 14.8 Å². The van der Waals surface area contributed by atoms with Crippen LogP contribution in [0.25, 0.3) is 10.9 Å². The molecule has 2 heterocycles. The molecule has 1 atom stereocenters. The van der Waals surface area contributed by atoms with E-state index >= 15 is 0 Å². The second-order valence-corrected chi connectivity index (χ2v) is 11.1. The number of aromatic nitrogens is 3. The molecule has 0 saturated heterocycles. The molecule has 2 aromatic heterocycles. The lowest BCUT2D eigenvalue weighted by atomic mass is 9.50. The van der Waals surface area contributed by atoms with Gasteiger partial charge in [0.2, 0.25) is 0 Å². The smallest absolute Gasteiger partial charge is 0.308 e. The number of fused-ring (bicyclic) bond motifs is 1. The minimum atomic E-state index is -0.115. The minimum absolute atomic E-state index is 0.0113. The highest BCUT2D eigenvalue weighted by Gasteiger charge is 2.55. The van der Waals surface area contributed by atoms with Crippen LogP contribution in [0.4, 0.5) is 0 Å². The summed E-state index contributed by atoms with van der Waals surface area (Å²) in [7, 11) is 1.44. The summed E-state index contributed by atoms with van der Waals surface area (Å²) < 4.78 is 6.80. The van der Waals surface area contributed by atoms with Gasteiger partial charge in [-0.1, -0.05) is 12.0 Å². The van der Waals surface area contributed by atoms with Crippen LogP contribution in [-0.2, 0) is 9.53 Å². The van der Waals surface area contributed by atoms with Crippen LogP contribution in [0.3, 0.4) is 0 Å². The molecular weight excluding hydrogens is 464 g/mol. The zero-order valence-corrected chi connectivity index (χ0v) is 21.6. The van der Waals surface area contributed by atoms with Crippen molar-refractivity contribution in [2.75, 3.05) is 7.11 Å². The maximum Gasteiger partial charge on any atom is 0.308 e. The van der Waals surface area contributed by atoms with Gasteiger partial charge >= 0.3 is 5.97 Å². The van der Waals surface area contributed by atoms with Gasteiger partial charge in [-0.05, 0) is 81.5 Å². The number of nitrogens with one attached hydrogen (secondary N) is 1. The minimum Gasteiger partial charge on any atom is -0.469 e. The first-order valence-electron chi connectivity index (χ1n) is 13.2. The number of carbonyl (C=O) groups excluding carboxylic acids is 2. The molecule has 1 N–H and O–H groups in total. The Balaban J connectivity index is 1.24. The highest BCUT2D eigenvalue weighted by Crippen LogP contribution is 2.59. The van der Waals surface area contributed by atoms with Crippen LogP contribution in [0.2, 0.25) is 0 Å². The first-order valence-corrected chi connectivity index (χ1v) is 13.2. The van der Waals surface area contributed by atoms with Gasteiger partial charge < -0.3 is 10.1 Å². The molecule has 1 spiro atoms. The molecule has 0 unspecified atom stereocenters. The van der Waals surface area contributed by atoms with Gasteiger partial charge in [-0.25, -0.2) is 0 Å². The zero-order valence-electron chi connectivity index (χ0n) is 21.6. The summed E-state index contributed by atoms with van der Waals surface area (Å²) in [4.78, 5) is 30.0. The van der Waals surface area contributed by atoms with Crippen molar-refractivity contribution in [1.29, 1.82) is 0 Å². The SMILES string of the molecule is CC#Cc1ccc(C(=O)NC2CC3(C2)CC(C(=O)OC)C3)c2c1cnn2[C@H](C)c1ccc(C2CC2)nc1. The molecule has 0 bridgehead atoms. The fraction of sp³-hybridized carbons (Fsp3) is 0.467. The highest BCUT2D eigenvalue weighted by atomic mass is 16.5. The zero-order chi connectivity index (χ0) is 25.7. The fourth-order valence-electron chi connectivity index (χ4n) is 6.31. The van der Waals surface area contributed by atoms with Crippen LogP contribution in [0.5, 0.6) is 0 Å². The van der Waals surface area contributed by atoms with E-state index in [1.165, 1.54) is 20.0 Å². The van der Waals surface area contributed by atoms with Crippen LogP contribution >= 0.6 is 0 Å². The number of esters is 1. The molecule has 3 saturated carbocycles. The Morgan fingerprint density at radius 1 is 1.14 bits per heavy atom. The summed E-state index contributed by atoms with van der Waals surface area (Å²) in [5.41, 5.74) is 4.65. The summed E-state index contributed by atoms with van der Waals surface area (Å²) >= 11 is 0. The number of rotatable bonds is 6. The predicted octanol–water partition coefficient (Wildman–Crippen LogP) is 4.75. The van der Waals surface area contributed by atoms with E-state index in [0.717, 1.165) is 53.4 Å². The quantitative estimate of drug-likeness (QED) is 0.393. The molecule has 190 valence electrons. The second kappa shape index (κ2) is 9.02. The molecule has 1 amide bonds. The number of carbonyl (C=O) groups is 2. The van der Waals surface area contributed by atoms with E-state index in [1.807, 2.05) is 36.1 Å².